The number of rotatable bonds is 15. The van der Waals surface area contributed by atoms with Gasteiger partial charge >= 0.3 is 5.97 Å². The summed E-state index contributed by atoms with van der Waals surface area (Å²) in [4.78, 5) is 22.7. The fraction of sp³-hybridized carbons (Fsp3) is 0.824. The average molecular weight is 379 g/mol. The fourth-order valence-corrected chi connectivity index (χ4v) is 2.73. The monoisotopic (exact) mass is 379 g/mol. The van der Waals surface area contributed by atoms with Crippen LogP contribution in [0.4, 0.5) is 0 Å². The Morgan fingerprint density at radius 1 is 0.960 bits per heavy atom. The van der Waals surface area contributed by atoms with Crippen molar-refractivity contribution in [1.29, 1.82) is 0 Å². The van der Waals surface area contributed by atoms with E-state index >= 15 is 0 Å². The zero-order valence-corrected chi connectivity index (χ0v) is 17.0. The molecule has 0 aliphatic heterocycles. The predicted molar refractivity (Wildman–Crippen MR) is 95.9 cm³/mol. The molecule has 7 nitrogen and oxygen atoms in total. The highest BCUT2D eigenvalue weighted by Gasteiger charge is 2.11. The number of phosphoric ester groups is 1. The maximum absolute atomic E-state index is 11.6. The number of phosphoric acid groups is 1. The van der Waals surface area contributed by atoms with Crippen molar-refractivity contribution in [1.82, 2.24) is 0 Å². The summed E-state index contributed by atoms with van der Waals surface area (Å²) in [5, 5.41) is 0. The molecule has 0 aliphatic rings. The van der Waals surface area contributed by atoms with Crippen LogP contribution in [0, 0.1) is 0 Å². The molecule has 25 heavy (non-hydrogen) atoms. The highest BCUT2D eigenvalue weighted by molar-refractivity contribution is 7.45. The number of carbonyl (C=O) groups is 1. The van der Waals surface area contributed by atoms with Crippen molar-refractivity contribution < 1.29 is 32.5 Å². The van der Waals surface area contributed by atoms with E-state index in [1.807, 2.05) is 21.1 Å². The Morgan fingerprint density at radius 3 is 1.96 bits per heavy atom. The molecule has 0 heterocycles. The third-order valence-electron chi connectivity index (χ3n) is 3.34. The Morgan fingerprint density at radius 2 is 1.44 bits per heavy atom. The largest absolute Gasteiger partial charge is 0.756 e. The van der Waals surface area contributed by atoms with Gasteiger partial charge < -0.3 is 23.2 Å². The number of ether oxygens (including phenoxy) is 1. The van der Waals surface area contributed by atoms with Crippen LogP contribution in [-0.2, 0) is 23.1 Å². The molecule has 0 spiro atoms. The van der Waals surface area contributed by atoms with Gasteiger partial charge in [-0.15, -0.1) is 0 Å². The molecule has 0 bridgehead atoms. The van der Waals surface area contributed by atoms with Crippen molar-refractivity contribution in [2.75, 3.05) is 47.5 Å². The van der Waals surface area contributed by atoms with E-state index < -0.39 is 7.82 Å². The maximum atomic E-state index is 11.6. The first-order chi connectivity index (χ1) is 11.5. The second kappa shape index (κ2) is 12.6. The van der Waals surface area contributed by atoms with E-state index in [9.17, 15) is 14.3 Å². The maximum Gasteiger partial charge on any atom is 0.333 e. The van der Waals surface area contributed by atoms with Gasteiger partial charge in [0.1, 0.15) is 0 Å². The molecular formula is C17H34NO6P. The van der Waals surface area contributed by atoms with Gasteiger partial charge in [0.15, 0.2) is 0 Å². The predicted octanol–water partition coefficient (Wildman–Crippen LogP) is 2.65. The summed E-state index contributed by atoms with van der Waals surface area (Å²) >= 11 is 0. The molecule has 148 valence electrons. The quantitative estimate of drug-likeness (QED) is 0.143. The molecule has 0 radical (unpaired) electrons. The lowest BCUT2D eigenvalue weighted by Crippen LogP contribution is -2.35. The van der Waals surface area contributed by atoms with Crippen molar-refractivity contribution in [2.24, 2.45) is 0 Å². The first kappa shape index (κ1) is 24.3. The lowest BCUT2D eigenvalue weighted by molar-refractivity contribution is -0.870. The van der Waals surface area contributed by atoms with Gasteiger partial charge in [-0.25, -0.2) is 4.79 Å². The van der Waals surface area contributed by atoms with E-state index in [2.05, 4.69) is 6.58 Å². The fourth-order valence-electron chi connectivity index (χ4n) is 1.95. The van der Waals surface area contributed by atoms with E-state index in [1.54, 1.807) is 6.92 Å². The summed E-state index contributed by atoms with van der Waals surface area (Å²) in [6.45, 7) is 6.64. The zero-order valence-electron chi connectivity index (χ0n) is 16.1. The van der Waals surface area contributed by atoms with Gasteiger partial charge in [-0.2, -0.15) is 0 Å². The molecule has 0 N–H and O–H groups in total. The van der Waals surface area contributed by atoms with E-state index in [0.717, 1.165) is 36.7 Å². The minimum Gasteiger partial charge on any atom is -0.756 e. The van der Waals surface area contributed by atoms with E-state index in [-0.39, 0.29) is 19.2 Å². The molecule has 1 unspecified atom stereocenters. The Bertz CT molecular complexity index is 447. The second-order valence-electron chi connectivity index (χ2n) is 7.17. The van der Waals surface area contributed by atoms with Gasteiger partial charge in [0.25, 0.3) is 7.82 Å². The summed E-state index contributed by atoms with van der Waals surface area (Å²) in [5.74, 6) is -0.360. The summed E-state index contributed by atoms with van der Waals surface area (Å²) in [6, 6.07) is 0. The molecule has 0 aliphatic carbocycles. The van der Waals surface area contributed by atoms with E-state index in [1.165, 1.54) is 0 Å². The van der Waals surface area contributed by atoms with Crippen molar-refractivity contribution in [3.05, 3.63) is 12.2 Å². The van der Waals surface area contributed by atoms with Crippen molar-refractivity contribution >= 4 is 13.8 Å². The minimum absolute atomic E-state index is 0.140. The Hall–Kier alpha value is -0.720. The van der Waals surface area contributed by atoms with Crippen molar-refractivity contribution in [3.63, 3.8) is 0 Å². The van der Waals surface area contributed by atoms with Gasteiger partial charge in [-0.1, -0.05) is 25.8 Å². The molecule has 1 atom stereocenters. The number of unbranched alkanes of at least 4 members (excludes halogenated alkanes) is 4. The molecule has 8 heteroatoms. The van der Waals surface area contributed by atoms with Crippen molar-refractivity contribution in [3.8, 4) is 0 Å². The van der Waals surface area contributed by atoms with Crippen LogP contribution in [0.15, 0.2) is 12.2 Å². The number of quaternary nitrogens is 1. The highest BCUT2D eigenvalue weighted by Crippen LogP contribution is 2.38. The lowest BCUT2D eigenvalue weighted by atomic mass is 10.1. The normalized spacial score (nSPS) is 14.1. The van der Waals surface area contributed by atoms with Crippen LogP contribution in [-0.4, -0.2) is 58.0 Å². The first-order valence-electron chi connectivity index (χ1n) is 8.77. The molecule has 0 rings (SSSR count). The highest BCUT2D eigenvalue weighted by atomic mass is 31.2. The molecule has 0 saturated carbocycles. The molecule has 0 fully saturated rings. The van der Waals surface area contributed by atoms with Crippen LogP contribution in [0.2, 0.25) is 0 Å². The van der Waals surface area contributed by atoms with Crippen LogP contribution in [0.3, 0.4) is 0 Å². The van der Waals surface area contributed by atoms with Crippen LogP contribution in [0.5, 0.6) is 0 Å². The summed E-state index contributed by atoms with van der Waals surface area (Å²) in [5.41, 5.74) is 0.402. The van der Waals surface area contributed by atoms with E-state index in [0.29, 0.717) is 25.0 Å². The van der Waals surface area contributed by atoms with Crippen LogP contribution in [0.25, 0.3) is 0 Å². The summed E-state index contributed by atoms with van der Waals surface area (Å²) in [7, 11) is 1.93. The third kappa shape index (κ3) is 16.5. The van der Waals surface area contributed by atoms with Crippen LogP contribution >= 0.6 is 7.82 Å². The average Bonchev–Trinajstić information content (AvgIpc) is 2.48. The number of esters is 1. The van der Waals surface area contributed by atoms with Gasteiger partial charge in [0.05, 0.1) is 47.5 Å². The third-order valence-corrected chi connectivity index (χ3v) is 4.34. The molecule has 0 saturated heterocycles. The smallest absolute Gasteiger partial charge is 0.333 e. The van der Waals surface area contributed by atoms with Crippen molar-refractivity contribution in [2.45, 2.75) is 45.4 Å². The van der Waals surface area contributed by atoms with E-state index in [4.69, 9.17) is 13.8 Å². The number of hydrogen-bond acceptors (Lipinski definition) is 6. The molecule has 0 aromatic rings. The van der Waals surface area contributed by atoms with Gasteiger partial charge in [0, 0.05) is 12.0 Å². The molecular weight excluding hydrogens is 345 g/mol. The second-order valence-corrected chi connectivity index (χ2v) is 8.58. The van der Waals surface area contributed by atoms with Gasteiger partial charge in [-0.05, 0) is 19.8 Å². The Kier molecular flexibility index (Phi) is 12.2. The standard InChI is InChI=1S/C17H34NO6P/c1-16(2)17(19)22-13-9-7-6-8-10-14-23-25(20,21)24-15-11-12-18(3,4)5/h1,6-15H2,2-5H3. The van der Waals surface area contributed by atoms with Crippen LogP contribution < -0.4 is 4.89 Å². The molecule has 0 aromatic heterocycles. The Balaban J connectivity index is 3.52. The summed E-state index contributed by atoms with van der Waals surface area (Å²) < 4.78 is 27.0. The number of carbonyl (C=O) groups excluding carboxylic acids is 1. The first-order valence-corrected chi connectivity index (χ1v) is 10.2. The minimum atomic E-state index is -4.18. The SMILES string of the molecule is C=C(C)C(=O)OCCCCCCCOP(=O)([O-])OCCC[N+](C)(C)C. The zero-order chi connectivity index (χ0) is 19.3. The number of nitrogens with zero attached hydrogens (tertiary/aromatic N) is 1. The summed E-state index contributed by atoms with van der Waals surface area (Å²) in [6.07, 6.45) is 4.81. The molecule has 0 aromatic carbocycles. The lowest BCUT2D eigenvalue weighted by Gasteiger charge is -2.26. The topological polar surface area (TPSA) is 84.9 Å². The van der Waals surface area contributed by atoms with Crippen LogP contribution in [0.1, 0.15) is 45.4 Å². The van der Waals surface area contributed by atoms with Gasteiger partial charge in [-0.3, -0.25) is 4.57 Å². The number of hydrogen-bond donors (Lipinski definition) is 0. The Labute approximate surface area is 152 Å². The molecule has 0 amide bonds. The van der Waals surface area contributed by atoms with Gasteiger partial charge in [0.2, 0.25) is 0 Å².